The molecule has 0 heterocycles. The smallest absolute Gasteiger partial charge is 0.262 e. The Morgan fingerprint density at radius 3 is 2.43 bits per heavy atom. The van der Waals surface area contributed by atoms with Crippen molar-refractivity contribution in [3.05, 3.63) is 63.1 Å². The summed E-state index contributed by atoms with van der Waals surface area (Å²) in [6.07, 6.45) is 3.00. The molecule has 0 atom stereocenters. The third-order valence-corrected chi connectivity index (χ3v) is 3.69. The lowest BCUT2D eigenvalue weighted by atomic mass is 10.2. The molecule has 1 amide bonds. The van der Waals surface area contributed by atoms with Gasteiger partial charge in [0, 0.05) is 16.7 Å². The summed E-state index contributed by atoms with van der Waals surface area (Å²) in [5.41, 5.74) is 6.30. The first-order chi connectivity index (χ1) is 11.0. The maximum atomic E-state index is 11.9. The van der Waals surface area contributed by atoms with Gasteiger partial charge in [-0.1, -0.05) is 53.0 Å². The minimum atomic E-state index is -0.377. The van der Waals surface area contributed by atoms with Crippen LogP contribution in [0.2, 0.25) is 15.1 Å². The fraction of sp³-hybridized carbons (Fsp3) is 0.0625. The number of benzene rings is 2. The van der Waals surface area contributed by atoms with Crippen LogP contribution in [-0.2, 0) is 4.79 Å². The van der Waals surface area contributed by atoms with Gasteiger partial charge in [0.15, 0.2) is 0 Å². The summed E-state index contributed by atoms with van der Waals surface area (Å²) in [6.45, 7) is 0. The molecule has 0 unspecified atom stereocenters. The average Bonchev–Trinajstić information content (AvgIpc) is 2.52. The van der Waals surface area contributed by atoms with Crippen LogP contribution in [-0.4, -0.2) is 13.0 Å². The minimum absolute atomic E-state index is 0.302. The second kappa shape index (κ2) is 8.11. The van der Waals surface area contributed by atoms with Crippen LogP contribution in [0, 0.1) is 0 Å². The molecule has 2 N–H and O–H groups in total. The van der Waals surface area contributed by atoms with E-state index in [1.165, 1.54) is 18.2 Å². The third kappa shape index (κ3) is 4.79. The van der Waals surface area contributed by atoms with Crippen molar-refractivity contribution in [1.29, 1.82) is 0 Å². The molecule has 0 aliphatic rings. The highest BCUT2D eigenvalue weighted by Gasteiger charge is 2.08. The van der Waals surface area contributed by atoms with Gasteiger partial charge in [-0.15, -0.1) is 0 Å². The van der Waals surface area contributed by atoms with Crippen molar-refractivity contribution in [2.24, 2.45) is 0 Å². The molecule has 0 radical (unpaired) electrons. The van der Waals surface area contributed by atoms with Gasteiger partial charge in [0.05, 0.1) is 22.8 Å². The number of hydrogen-bond acceptors (Lipinski definition) is 3. The molecule has 2 rings (SSSR count). The van der Waals surface area contributed by atoms with E-state index in [0.29, 0.717) is 26.5 Å². The van der Waals surface area contributed by atoms with Gasteiger partial charge in [-0.25, -0.2) is 0 Å². The number of halogens is 3. The lowest BCUT2D eigenvalue weighted by molar-refractivity contribution is -0.115. The van der Waals surface area contributed by atoms with E-state index in [-0.39, 0.29) is 5.91 Å². The highest BCUT2D eigenvalue weighted by atomic mass is 35.5. The number of ether oxygens (including phenoxy) is 1. The van der Waals surface area contributed by atoms with Crippen LogP contribution in [0.15, 0.2) is 42.5 Å². The van der Waals surface area contributed by atoms with E-state index in [1.54, 1.807) is 13.2 Å². The van der Waals surface area contributed by atoms with Crippen molar-refractivity contribution < 1.29 is 9.53 Å². The Morgan fingerprint density at radius 2 is 1.78 bits per heavy atom. The normalized spacial score (nSPS) is 10.6. The Bertz CT molecular complexity index is 725. The van der Waals surface area contributed by atoms with Crippen LogP contribution >= 0.6 is 34.8 Å². The molecule has 0 spiro atoms. The summed E-state index contributed by atoms with van der Waals surface area (Å²) in [5, 5.41) is 1.01. The van der Waals surface area contributed by atoms with E-state index in [2.05, 4.69) is 10.9 Å². The Labute approximate surface area is 149 Å². The molecule has 4 nitrogen and oxygen atoms in total. The van der Waals surface area contributed by atoms with Crippen LogP contribution in [0.3, 0.4) is 0 Å². The predicted molar refractivity (Wildman–Crippen MR) is 95.3 cm³/mol. The first kappa shape index (κ1) is 17.5. The number of nitrogens with one attached hydrogen (secondary N) is 2. The second-order valence-electron chi connectivity index (χ2n) is 4.43. The van der Waals surface area contributed by atoms with Gasteiger partial charge >= 0.3 is 0 Å². The zero-order valence-corrected chi connectivity index (χ0v) is 14.3. The van der Waals surface area contributed by atoms with Gasteiger partial charge in [-0.3, -0.25) is 15.6 Å². The summed E-state index contributed by atoms with van der Waals surface area (Å²) < 4.78 is 5.20. The fourth-order valence-corrected chi connectivity index (χ4v) is 2.71. The van der Waals surface area contributed by atoms with Gasteiger partial charge in [0.1, 0.15) is 5.75 Å². The Hall–Kier alpha value is -1.88. The molecule has 120 valence electrons. The molecular formula is C16H13Cl3N2O2. The average molecular weight is 372 g/mol. The standard InChI is InChI=1S/C16H13Cl3N2O2/c1-23-14-5-3-2-4-10(14)6-7-15(22)20-21-16-12(18)8-11(17)9-13(16)19/h2-9,21H,1H3,(H,20,22)/b7-6+. The summed E-state index contributed by atoms with van der Waals surface area (Å²) in [6, 6.07) is 10.4. The maximum absolute atomic E-state index is 11.9. The van der Waals surface area contributed by atoms with Gasteiger partial charge in [0.2, 0.25) is 0 Å². The van der Waals surface area contributed by atoms with Gasteiger partial charge in [-0.2, -0.15) is 0 Å². The molecule has 0 fully saturated rings. The van der Waals surface area contributed by atoms with Gasteiger partial charge < -0.3 is 4.74 Å². The largest absolute Gasteiger partial charge is 0.496 e. The highest BCUT2D eigenvalue weighted by Crippen LogP contribution is 2.33. The number of anilines is 1. The summed E-state index contributed by atoms with van der Waals surface area (Å²) >= 11 is 17.9. The number of amides is 1. The van der Waals surface area contributed by atoms with Crippen LogP contribution < -0.4 is 15.6 Å². The van der Waals surface area contributed by atoms with Crippen LogP contribution in [0.4, 0.5) is 5.69 Å². The summed E-state index contributed by atoms with van der Waals surface area (Å²) in [7, 11) is 1.57. The van der Waals surface area contributed by atoms with E-state index >= 15 is 0 Å². The molecule has 0 aliphatic carbocycles. The topological polar surface area (TPSA) is 50.4 Å². The van der Waals surface area contributed by atoms with Crippen LogP contribution in [0.25, 0.3) is 6.08 Å². The molecule has 0 saturated heterocycles. The third-order valence-electron chi connectivity index (χ3n) is 2.87. The fourth-order valence-electron chi connectivity index (χ4n) is 1.80. The summed E-state index contributed by atoms with van der Waals surface area (Å²) in [5.74, 6) is 0.297. The van der Waals surface area contributed by atoms with E-state index in [0.717, 1.165) is 5.56 Å². The molecule has 0 aromatic heterocycles. The van der Waals surface area contributed by atoms with E-state index in [9.17, 15) is 4.79 Å². The monoisotopic (exact) mass is 370 g/mol. The van der Waals surface area contributed by atoms with Crippen molar-refractivity contribution in [3.8, 4) is 5.75 Å². The number of carbonyl (C=O) groups excluding carboxylic acids is 1. The van der Waals surface area contributed by atoms with Gasteiger partial charge in [0.25, 0.3) is 5.91 Å². The maximum Gasteiger partial charge on any atom is 0.262 e. The zero-order valence-electron chi connectivity index (χ0n) is 12.1. The summed E-state index contributed by atoms with van der Waals surface area (Å²) in [4.78, 5) is 11.9. The first-order valence-corrected chi connectivity index (χ1v) is 7.66. The molecule has 2 aromatic rings. The number of methoxy groups -OCH3 is 1. The number of carbonyl (C=O) groups is 1. The number of rotatable bonds is 5. The van der Waals surface area contributed by atoms with Crippen molar-refractivity contribution in [3.63, 3.8) is 0 Å². The Kier molecular flexibility index (Phi) is 6.16. The van der Waals surface area contributed by atoms with Crippen molar-refractivity contribution in [1.82, 2.24) is 5.43 Å². The lowest BCUT2D eigenvalue weighted by Crippen LogP contribution is -2.27. The lowest BCUT2D eigenvalue weighted by Gasteiger charge is -2.11. The van der Waals surface area contributed by atoms with Crippen LogP contribution in [0.5, 0.6) is 5.75 Å². The zero-order chi connectivity index (χ0) is 16.8. The second-order valence-corrected chi connectivity index (χ2v) is 5.68. The van der Waals surface area contributed by atoms with Gasteiger partial charge in [-0.05, 0) is 24.3 Å². The van der Waals surface area contributed by atoms with Crippen LogP contribution in [0.1, 0.15) is 5.56 Å². The number of hydrazine groups is 1. The molecule has 7 heteroatoms. The molecule has 0 aliphatic heterocycles. The van der Waals surface area contributed by atoms with Crippen molar-refractivity contribution >= 4 is 52.5 Å². The minimum Gasteiger partial charge on any atom is -0.496 e. The van der Waals surface area contributed by atoms with Crippen molar-refractivity contribution in [2.75, 3.05) is 12.5 Å². The molecule has 2 aromatic carbocycles. The number of para-hydroxylation sites is 1. The molecule has 0 bridgehead atoms. The highest BCUT2D eigenvalue weighted by molar-refractivity contribution is 6.41. The van der Waals surface area contributed by atoms with E-state index < -0.39 is 0 Å². The quantitative estimate of drug-likeness (QED) is 0.585. The Morgan fingerprint density at radius 1 is 1.13 bits per heavy atom. The number of hydrogen-bond donors (Lipinski definition) is 2. The first-order valence-electron chi connectivity index (χ1n) is 6.53. The van der Waals surface area contributed by atoms with Crippen molar-refractivity contribution in [2.45, 2.75) is 0 Å². The van der Waals surface area contributed by atoms with E-state index in [4.69, 9.17) is 39.5 Å². The predicted octanol–water partition coefficient (Wildman–Crippen LogP) is 4.81. The van der Waals surface area contributed by atoms with E-state index in [1.807, 2.05) is 24.3 Å². The SMILES string of the molecule is COc1ccccc1/C=C/C(=O)NNc1c(Cl)cc(Cl)cc1Cl. The molecular weight excluding hydrogens is 359 g/mol. The molecule has 0 saturated carbocycles. The Balaban J connectivity index is 2.02. The molecule has 23 heavy (non-hydrogen) atoms.